The highest BCUT2D eigenvalue weighted by atomic mass is 32.2. The van der Waals surface area contributed by atoms with Gasteiger partial charge >= 0.3 is 0 Å². The van der Waals surface area contributed by atoms with Crippen LogP contribution in [-0.4, -0.2) is 35.8 Å². The third kappa shape index (κ3) is 2.64. The number of amides is 1. The lowest BCUT2D eigenvalue weighted by atomic mass is 10.4. The number of nitrogens with one attached hydrogen (secondary N) is 1. The first kappa shape index (κ1) is 13.0. The molecule has 104 valence electrons. The normalized spacial score (nSPS) is 20.6. The van der Waals surface area contributed by atoms with Gasteiger partial charge in [-0.1, -0.05) is 24.2 Å². The van der Waals surface area contributed by atoms with Crippen molar-refractivity contribution in [3.63, 3.8) is 0 Å². The summed E-state index contributed by atoms with van der Waals surface area (Å²) >= 11 is 0.882. The number of carbonyl (C=O) groups excluding carboxylic acids is 1. The maximum atomic E-state index is 12.3. The first-order valence-electron chi connectivity index (χ1n) is 6.45. The van der Waals surface area contributed by atoms with Gasteiger partial charge in [-0.25, -0.2) is 8.42 Å². The van der Waals surface area contributed by atoms with Crippen LogP contribution in [0.15, 0.2) is 4.34 Å². The maximum Gasteiger partial charge on any atom is 0.282 e. The summed E-state index contributed by atoms with van der Waals surface area (Å²) in [6, 6.07) is 0.228. The summed E-state index contributed by atoms with van der Waals surface area (Å²) in [6.45, 7) is 0. The van der Waals surface area contributed by atoms with Gasteiger partial charge in [-0.2, -0.15) is 0 Å². The Labute approximate surface area is 115 Å². The molecule has 2 fully saturated rings. The molecule has 3 rings (SSSR count). The lowest BCUT2D eigenvalue weighted by Gasteiger charge is -2.06. The summed E-state index contributed by atoms with van der Waals surface area (Å²) in [4.78, 5) is 11.8. The van der Waals surface area contributed by atoms with Crippen LogP contribution in [0.1, 0.15) is 48.3 Å². The van der Waals surface area contributed by atoms with Crippen molar-refractivity contribution in [3.8, 4) is 0 Å². The molecule has 1 aromatic heterocycles. The third-order valence-corrected chi connectivity index (χ3v) is 7.08. The van der Waals surface area contributed by atoms with Crippen LogP contribution < -0.4 is 5.32 Å². The Kier molecular flexibility index (Phi) is 3.30. The van der Waals surface area contributed by atoms with Gasteiger partial charge in [0.25, 0.3) is 5.91 Å². The Bertz CT molecular complexity index is 586. The van der Waals surface area contributed by atoms with E-state index in [9.17, 15) is 13.2 Å². The van der Waals surface area contributed by atoms with Crippen molar-refractivity contribution in [1.82, 2.24) is 15.5 Å². The van der Waals surface area contributed by atoms with Crippen molar-refractivity contribution in [3.05, 3.63) is 5.01 Å². The van der Waals surface area contributed by atoms with Crippen molar-refractivity contribution in [1.29, 1.82) is 0 Å². The molecule has 0 spiro atoms. The number of aromatic nitrogens is 2. The van der Waals surface area contributed by atoms with Gasteiger partial charge in [-0.15, -0.1) is 10.2 Å². The molecule has 0 radical (unpaired) electrons. The van der Waals surface area contributed by atoms with E-state index in [1.807, 2.05) is 0 Å². The van der Waals surface area contributed by atoms with Gasteiger partial charge in [0.1, 0.15) is 0 Å². The summed E-state index contributed by atoms with van der Waals surface area (Å²) in [5.74, 6) is -0.312. The smallest absolute Gasteiger partial charge is 0.282 e. The quantitative estimate of drug-likeness (QED) is 0.901. The Balaban J connectivity index is 1.77. The van der Waals surface area contributed by atoms with E-state index in [2.05, 4.69) is 15.5 Å². The number of carbonyl (C=O) groups is 1. The Morgan fingerprint density at radius 1 is 1.16 bits per heavy atom. The lowest BCUT2D eigenvalue weighted by molar-refractivity contribution is 0.0950. The molecular weight excluding hydrogens is 286 g/mol. The van der Waals surface area contributed by atoms with Crippen LogP contribution in [0, 0.1) is 0 Å². The van der Waals surface area contributed by atoms with Crippen molar-refractivity contribution in [2.75, 3.05) is 0 Å². The number of rotatable bonds is 4. The van der Waals surface area contributed by atoms with Gasteiger partial charge < -0.3 is 5.32 Å². The maximum absolute atomic E-state index is 12.3. The van der Waals surface area contributed by atoms with Crippen LogP contribution in [-0.2, 0) is 9.84 Å². The molecule has 0 saturated heterocycles. The zero-order valence-electron chi connectivity index (χ0n) is 10.3. The summed E-state index contributed by atoms with van der Waals surface area (Å²) < 4.78 is 24.5. The van der Waals surface area contributed by atoms with Crippen LogP contribution in [0.25, 0.3) is 0 Å². The SMILES string of the molecule is O=C(NC1CC1)c1nnc(S(=O)(=O)C2CCCC2)s1. The van der Waals surface area contributed by atoms with Gasteiger partial charge in [0.05, 0.1) is 5.25 Å². The van der Waals surface area contributed by atoms with E-state index in [-0.39, 0.29) is 26.5 Å². The van der Waals surface area contributed by atoms with E-state index in [0.717, 1.165) is 37.0 Å². The predicted octanol–water partition coefficient (Wildman–Crippen LogP) is 1.15. The van der Waals surface area contributed by atoms with E-state index in [4.69, 9.17) is 0 Å². The second-order valence-electron chi connectivity index (χ2n) is 5.07. The summed E-state index contributed by atoms with van der Waals surface area (Å²) in [5.41, 5.74) is 0. The van der Waals surface area contributed by atoms with Crippen LogP contribution in [0.4, 0.5) is 0 Å². The minimum Gasteiger partial charge on any atom is -0.347 e. The molecule has 1 N–H and O–H groups in total. The van der Waals surface area contributed by atoms with E-state index >= 15 is 0 Å². The molecule has 2 aliphatic rings. The average Bonchev–Trinajstić information content (AvgIpc) is 2.93. The Hall–Kier alpha value is -1.02. The van der Waals surface area contributed by atoms with Gasteiger partial charge in [0, 0.05) is 6.04 Å². The fraction of sp³-hybridized carbons (Fsp3) is 0.727. The van der Waals surface area contributed by atoms with Gasteiger partial charge in [-0.3, -0.25) is 4.79 Å². The number of hydrogen-bond donors (Lipinski definition) is 1. The minimum absolute atomic E-state index is 0.0136. The molecule has 1 aromatic rings. The van der Waals surface area contributed by atoms with Gasteiger partial charge in [-0.05, 0) is 25.7 Å². The third-order valence-electron chi connectivity index (χ3n) is 3.50. The minimum atomic E-state index is -3.40. The Morgan fingerprint density at radius 2 is 1.84 bits per heavy atom. The van der Waals surface area contributed by atoms with Crippen LogP contribution in [0.2, 0.25) is 0 Å². The predicted molar refractivity (Wildman–Crippen MR) is 69.8 cm³/mol. The molecule has 8 heteroatoms. The molecule has 6 nitrogen and oxygen atoms in total. The molecule has 0 aromatic carbocycles. The summed E-state index contributed by atoms with van der Waals surface area (Å²) in [5, 5.41) is 9.99. The van der Waals surface area contributed by atoms with Crippen LogP contribution in [0.3, 0.4) is 0 Å². The lowest BCUT2D eigenvalue weighted by Crippen LogP contribution is -2.25. The fourth-order valence-electron chi connectivity index (χ4n) is 2.23. The molecule has 2 aliphatic carbocycles. The van der Waals surface area contributed by atoms with Crippen molar-refractivity contribution in [2.45, 2.75) is 54.2 Å². The van der Waals surface area contributed by atoms with Crippen molar-refractivity contribution >= 4 is 27.1 Å². The molecule has 19 heavy (non-hydrogen) atoms. The molecule has 1 heterocycles. The Morgan fingerprint density at radius 3 is 2.47 bits per heavy atom. The van der Waals surface area contributed by atoms with E-state index in [1.54, 1.807) is 0 Å². The molecular formula is C11H15N3O3S2. The van der Waals surface area contributed by atoms with E-state index in [1.165, 1.54) is 0 Å². The number of sulfone groups is 1. The van der Waals surface area contributed by atoms with Crippen molar-refractivity contribution in [2.24, 2.45) is 0 Å². The summed E-state index contributed by atoms with van der Waals surface area (Å²) in [7, 11) is -3.40. The molecule has 0 atom stereocenters. The monoisotopic (exact) mass is 301 g/mol. The van der Waals surface area contributed by atoms with Gasteiger partial charge in [0.15, 0.2) is 0 Å². The van der Waals surface area contributed by atoms with Crippen molar-refractivity contribution < 1.29 is 13.2 Å². The zero-order chi connectivity index (χ0) is 13.5. The van der Waals surface area contributed by atoms with Crippen LogP contribution in [0.5, 0.6) is 0 Å². The second-order valence-corrected chi connectivity index (χ2v) is 8.45. The molecule has 0 unspecified atom stereocenters. The largest absolute Gasteiger partial charge is 0.347 e. The highest BCUT2D eigenvalue weighted by Gasteiger charge is 2.34. The summed E-state index contributed by atoms with van der Waals surface area (Å²) in [6.07, 6.45) is 5.22. The topological polar surface area (TPSA) is 89.0 Å². The fourth-order valence-corrected chi connectivity index (χ4v) is 5.22. The second kappa shape index (κ2) is 4.82. The van der Waals surface area contributed by atoms with E-state index < -0.39 is 9.84 Å². The number of hydrogen-bond acceptors (Lipinski definition) is 6. The number of nitrogens with zero attached hydrogens (tertiary/aromatic N) is 2. The van der Waals surface area contributed by atoms with E-state index in [0.29, 0.717) is 12.8 Å². The first-order chi connectivity index (χ1) is 9.07. The first-order valence-corrected chi connectivity index (χ1v) is 8.82. The van der Waals surface area contributed by atoms with Crippen LogP contribution >= 0.6 is 11.3 Å². The molecule has 0 bridgehead atoms. The zero-order valence-corrected chi connectivity index (χ0v) is 12.0. The highest BCUT2D eigenvalue weighted by Crippen LogP contribution is 2.31. The average molecular weight is 301 g/mol. The standard InChI is InChI=1S/C11H15N3O3S2/c15-9(12-7-5-6-7)10-13-14-11(18-10)19(16,17)8-3-1-2-4-8/h7-8H,1-6H2,(H,12,15). The molecule has 2 saturated carbocycles. The van der Waals surface area contributed by atoms with Gasteiger partial charge in [0.2, 0.25) is 19.2 Å². The highest BCUT2D eigenvalue weighted by molar-refractivity contribution is 7.93. The molecule has 1 amide bonds. The molecule has 0 aliphatic heterocycles.